The van der Waals surface area contributed by atoms with Crippen molar-refractivity contribution in [1.82, 2.24) is 9.88 Å². The maximum Gasteiger partial charge on any atom is 0.325 e. The van der Waals surface area contributed by atoms with Gasteiger partial charge in [0.1, 0.15) is 5.54 Å². The third-order valence-electron chi connectivity index (χ3n) is 8.47. The number of carbonyl (C=O) groups excluding carboxylic acids is 3. The number of aromatic nitrogens is 1. The summed E-state index contributed by atoms with van der Waals surface area (Å²) in [5.41, 5.74) is 0.927. The molecule has 3 N–H and O–H groups in total. The second-order valence-corrected chi connectivity index (χ2v) is 10.6. The Hall–Kier alpha value is -4.83. The first-order valence-electron chi connectivity index (χ1n) is 13.3. The van der Waals surface area contributed by atoms with Crippen LogP contribution < -0.4 is 10.2 Å². The van der Waals surface area contributed by atoms with Crippen LogP contribution in [0.2, 0.25) is 0 Å². The van der Waals surface area contributed by atoms with Gasteiger partial charge in [0.15, 0.2) is 5.78 Å². The van der Waals surface area contributed by atoms with E-state index in [0.29, 0.717) is 11.1 Å². The van der Waals surface area contributed by atoms with E-state index in [-0.39, 0.29) is 11.5 Å². The summed E-state index contributed by atoms with van der Waals surface area (Å²) in [6, 6.07) is 18.4. The van der Waals surface area contributed by atoms with Crippen molar-refractivity contribution >= 4 is 57.0 Å². The quantitative estimate of drug-likeness (QED) is 0.232. The minimum absolute atomic E-state index is 0.189. The van der Waals surface area contributed by atoms with Gasteiger partial charge in [-0.1, -0.05) is 24.3 Å². The first-order valence-corrected chi connectivity index (χ1v) is 13.3. The second kappa shape index (κ2) is 9.38. The number of imide groups is 1. The fourth-order valence-electron chi connectivity index (χ4n) is 6.67. The molecule has 2 amide bonds. The Morgan fingerprint density at radius 1 is 0.902 bits per heavy atom. The molecule has 0 aliphatic carbocycles. The number of anilines is 1. The first kappa shape index (κ1) is 26.4. The van der Waals surface area contributed by atoms with Gasteiger partial charge in [-0.2, -0.15) is 0 Å². The molecule has 10 nitrogen and oxygen atoms in total. The number of carbonyl (C=O) groups is 5. The summed E-state index contributed by atoms with van der Waals surface area (Å²) in [5, 5.41) is 24.9. The van der Waals surface area contributed by atoms with E-state index in [1.165, 1.54) is 31.2 Å². The number of nitrogens with one attached hydrogen (secondary N) is 1. The maximum atomic E-state index is 14.0. The number of amides is 2. The molecule has 3 heterocycles. The lowest BCUT2D eigenvalue weighted by Gasteiger charge is -2.29. The van der Waals surface area contributed by atoms with Gasteiger partial charge in [-0.25, -0.2) is 4.90 Å². The van der Waals surface area contributed by atoms with Crippen molar-refractivity contribution in [2.75, 3.05) is 4.90 Å². The molecule has 4 unspecified atom stereocenters. The van der Waals surface area contributed by atoms with Gasteiger partial charge < -0.3 is 14.8 Å². The molecule has 0 spiro atoms. The van der Waals surface area contributed by atoms with Crippen LogP contribution in [-0.4, -0.2) is 49.9 Å². The Morgan fingerprint density at radius 2 is 1.59 bits per heavy atom. The smallest absolute Gasteiger partial charge is 0.325 e. The third-order valence-corrected chi connectivity index (χ3v) is 8.47. The van der Waals surface area contributed by atoms with Crippen molar-refractivity contribution in [1.29, 1.82) is 0 Å². The zero-order valence-electron chi connectivity index (χ0n) is 22.3. The number of benzene rings is 3. The average Bonchev–Trinajstić information content (AvgIpc) is 3.55. The van der Waals surface area contributed by atoms with Crippen molar-refractivity contribution < 1.29 is 34.2 Å². The Bertz CT molecular complexity index is 1790. The molecule has 2 fully saturated rings. The summed E-state index contributed by atoms with van der Waals surface area (Å²) in [7, 11) is 0. The van der Waals surface area contributed by atoms with Crippen molar-refractivity contribution in [3.63, 3.8) is 0 Å². The highest BCUT2D eigenvalue weighted by Gasteiger charge is 2.69. The largest absolute Gasteiger partial charge is 0.481 e. The fourth-order valence-corrected chi connectivity index (χ4v) is 6.67. The molecule has 0 bridgehead atoms. The van der Waals surface area contributed by atoms with Crippen LogP contribution in [0.1, 0.15) is 42.2 Å². The summed E-state index contributed by atoms with van der Waals surface area (Å²) in [6.07, 6.45) is -0.895. The Morgan fingerprint density at radius 3 is 2.22 bits per heavy atom. The van der Waals surface area contributed by atoms with Crippen molar-refractivity contribution in [2.24, 2.45) is 11.8 Å². The van der Waals surface area contributed by atoms with Crippen LogP contribution >= 0.6 is 0 Å². The molecular formula is C31H27N3O7. The molecule has 41 heavy (non-hydrogen) atoms. The van der Waals surface area contributed by atoms with Gasteiger partial charge in [0.05, 0.1) is 23.9 Å². The van der Waals surface area contributed by atoms with Crippen molar-refractivity contribution in [3.05, 3.63) is 77.9 Å². The highest BCUT2D eigenvalue weighted by atomic mass is 16.4. The molecule has 2 aliphatic rings. The average molecular weight is 554 g/mol. The van der Waals surface area contributed by atoms with Crippen LogP contribution in [0.25, 0.3) is 21.8 Å². The summed E-state index contributed by atoms with van der Waals surface area (Å²) in [6.45, 7) is 4.15. The molecule has 6 rings (SSSR count). The van der Waals surface area contributed by atoms with E-state index in [1.54, 1.807) is 6.07 Å². The molecule has 10 heteroatoms. The van der Waals surface area contributed by atoms with Gasteiger partial charge in [-0.3, -0.25) is 29.3 Å². The predicted molar refractivity (Wildman–Crippen MR) is 150 cm³/mol. The zero-order chi connectivity index (χ0) is 29.2. The number of nitrogens with zero attached hydrogens (tertiary/aromatic N) is 2. The van der Waals surface area contributed by atoms with Crippen LogP contribution in [-0.2, 0) is 25.7 Å². The maximum absolute atomic E-state index is 14.0. The number of ketones is 1. The first-order chi connectivity index (χ1) is 19.6. The van der Waals surface area contributed by atoms with E-state index in [1.807, 2.05) is 43.3 Å². The summed E-state index contributed by atoms with van der Waals surface area (Å²) in [5.74, 6) is -7.17. The minimum Gasteiger partial charge on any atom is -0.481 e. The summed E-state index contributed by atoms with van der Waals surface area (Å²) in [4.78, 5) is 65.2. The van der Waals surface area contributed by atoms with E-state index in [4.69, 9.17) is 0 Å². The zero-order valence-corrected chi connectivity index (χ0v) is 22.3. The van der Waals surface area contributed by atoms with Crippen LogP contribution in [0, 0.1) is 11.8 Å². The van der Waals surface area contributed by atoms with Gasteiger partial charge >= 0.3 is 11.9 Å². The molecule has 4 atom stereocenters. The van der Waals surface area contributed by atoms with E-state index < -0.39 is 53.6 Å². The third kappa shape index (κ3) is 3.78. The lowest BCUT2D eigenvalue weighted by Crippen LogP contribution is -2.57. The molecule has 4 aromatic rings. The van der Waals surface area contributed by atoms with E-state index in [0.717, 1.165) is 33.3 Å². The number of para-hydroxylation sites is 1. The van der Waals surface area contributed by atoms with Crippen LogP contribution in [0.5, 0.6) is 0 Å². The molecule has 0 saturated carbocycles. The molecule has 1 aromatic heterocycles. The predicted octanol–water partition coefficient (Wildman–Crippen LogP) is 3.77. The number of carboxylic acid groups (broad SMARTS) is 2. The van der Waals surface area contributed by atoms with Crippen molar-refractivity contribution in [3.8, 4) is 0 Å². The SMILES string of the molecule is CCn1c2ccccc2c2cc(C3NC(CC(=O)O)(C(=O)O)C4C(=O)N(c5ccc(C(C)=O)cc5)C(=O)C34)ccc21. The van der Waals surface area contributed by atoms with Crippen LogP contribution in [0.3, 0.4) is 0 Å². The van der Waals surface area contributed by atoms with Crippen molar-refractivity contribution in [2.45, 2.75) is 38.4 Å². The lowest BCUT2D eigenvalue weighted by atomic mass is 9.77. The number of hydrogen-bond donors (Lipinski definition) is 3. The molecule has 2 saturated heterocycles. The standard InChI is InChI=1S/C31H27N3O7/c1-3-33-22-7-5-4-6-20(22)21-14-18(10-13-23(21)33)27-25-26(31(32-27,30(40)41)15-24(36)37)29(39)34(28(25)38)19-11-8-17(9-12-19)16(2)35/h4-14,25-27,32H,3,15H2,1-2H3,(H,36,37)(H,40,41). The summed E-state index contributed by atoms with van der Waals surface area (Å²) >= 11 is 0. The number of rotatable bonds is 7. The second-order valence-electron chi connectivity index (χ2n) is 10.6. The highest BCUT2D eigenvalue weighted by Crippen LogP contribution is 2.51. The Labute approximate surface area is 234 Å². The number of aliphatic carboxylic acids is 2. The number of carboxylic acids is 2. The van der Waals surface area contributed by atoms with E-state index in [9.17, 15) is 34.2 Å². The highest BCUT2D eigenvalue weighted by molar-refractivity contribution is 6.24. The Kier molecular flexibility index (Phi) is 6.04. The van der Waals surface area contributed by atoms with Crippen LogP contribution in [0.4, 0.5) is 5.69 Å². The fraction of sp³-hybridized carbons (Fsp3) is 0.258. The van der Waals surface area contributed by atoms with E-state index in [2.05, 4.69) is 9.88 Å². The summed E-state index contributed by atoms with van der Waals surface area (Å²) < 4.78 is 2.15. The Balaban J connectivity index is 1.52. The minimum atomic E-state index is -2.21. The lowest BCUT2D eigenvalue weighted by molar-refractivity contribution is -0.154. The van der Waals surface area contributed by atoms with Crippen LogP contribution in [0.15, 0.2) is 66.7 Å². The number of Topliss-reactive ketones (excluding diaryl/α,β-unsaturated/α-hetero) is 1. The molecule has 3 aromatic carbocycles. The van der Waals surface area contributed by atoms with E-state index >= 15 is 0 Å². The number of fused-ring (bicyclic) bond motifs is 4. The van der Waals surface area contributed by atoms with Gasteiger partial charge in [-0.05, 0) is 61.9 Å². The van der Waals surface area contributed by atoms with Gasteiger partial charge in [-0.15, -0.1) is 0 Å². The van der Waals surface area contributed by atoms with Gasteiger partial charge in [0.2, 0.25) is 11.8 Å². The molecule has 208 valence electrons. The number of aryl methyl sites for hydroxylation is 1. The normalized spacial score (nSPS) is 23.9. The van der Waals surface area contributed by atoms with Gasteiger partial charge in [0.25, 0.3) is 0 Å². The monoisotopic (exact) mass is 553 g/mol. The molecule has 0 radical (unpaired) electrons. The molecule has 2 aliphatic heterocycles. The van der Waals surface area contributed by atoms with Gasteiger partial charge in [0, 0.05) is 40.0 Å². The topological polar surface area (TPSA) is 146 Å². The number of hydrogen-bond acceptors (Lipinski definition) is 6. The molecular weight excluding hydrogens is 526 g/mol.